The predicted molar refractivity (Wildman–Crippen MR) is 99.3 cm³/mol. The smallest absolute Gasteiger partial charge is 0.374 e. The van der Waals surface area contributed by atoms with Gasteiger partial charge in [-0.05, 0) is 18.9 Å². The first-order valence-corrected chi connectivity index (χ1v) is 9.28. The van der Waals surface area contributed by atoms with Crippen molar-refractivity contribution in [2.45, 2.75) is 84.0 Å². The van der Waals surface area contributed by atoms with E-state index in [-0.39, 0.29) is 0 Å². The first-order chi connectivity index (χ1) is 11.6. The molecule has 0 heterocycles. The monoisotopic (exact) mass is 338 g/mol. The standard InChI is InChI=1S/C20H34O4/c1-2-3-4-5-6-7-8-9-10-11-12-13-14-15-16-17-18(21)19(22)20(23)24/h14-17,21-22H,2-13H2,1H3,(H,23,24)/b15-14+,17-16+,19-18+. The van der Waals surface area contributed by atoms with E-state index in [2.05, 4.69) is 6.92 Å². The first kappa shape index (κ1) is 22.3. The van der Waals surface area contributed by atoms with E-state index >= 15 is 0 Å². The molecule has 0 spiro atoms. The zero-order chi connectivity index (χ0) is 18.0. The highest BCUT2D eigenvalue weighted by atomic mass is 16.4. The summed E-state index contributed by atoms with van der Waals surface area (Å²) >= 11 is 0. The summed E-state index contributed by atoms with van der Waals surface area (Å²) in [6.07, 6.45) is 21.9. The zero-order valence-corrected chi connectivity index (χ0v) is 15.0. The molecular weight excluding hydrogens is 304 g/mol. The lowest BCUT2D eigenvalue weighted by Crippen LogP contribution is -2.02. The molecule has 138 valence electrons. The Labute approximate surface area is 146 Å². The fourth-order valence-electron chi connectivity index (χ4n) is 2.44. The molecule has 0 aliphatic carbocycles. The van der Waals surface area contributed by atoms with Gasteiger partial charge in [0.15, 0.2) is 5.76 Å². The number of carboxylic acid groups (broad SMARTS) is 1. The number of aliphatic carboxylic acids is 1. The Morgan fingerprint density at radius 2 is 1.25 bits per heavy atom. The summed E-state index contributed by atoms with van der Waals surface area (Å²) in [6, 6.07) is 0. The second-order valence-electron chi connectivity index (χ2n) is 6.15. The number of allylic oxidation sites excluding steroid dienone is 4. The maximum Gasteiger partial charge on any atom is 0.374 e. The number of aliphatic hydroxyl groups excluding tert-OH is 2. The van der Waals surface area contributed by atoms with Crippen molar-refractivity contribution in [2.75, 3.05) is 0 Å². The molecule has 3 N–H and O–H groups in total. The highest BCUT2D eigenvalue weighted by molar-refractivity contribution is 5.84. The van der Waals surface area contributed by atoms with Gasteiger partial charge in [-0.15, -0.1) is 0 Å². The molecule has 0 rings (SSSR count). The average Bonchev–Trinajstić information content (AvgIpc) is 2.57. The van der Waals surface area contributed by atoms with Gasteiger partial charge in [-0.2, -0.15) is 0 Å². The van der Waals surface area contributed by atoms with E-state index in [1.165, 1.54) is 76.4 Å². The second kappa shape index (κ2) is 16.2. The number of aliphatic hydroxyl groups is 2. The Hall–Kier alpha value is -1.71. The van der Waals surface area contributed by atoms with Crippen LogP contribution in [0.1, 0.15) is 84.0 Å². The Morgan fingerprint density at radius 3 is 1.75 bits per heavy atom. The number of carbonyl (C=O) groups is 1. The molecule has 0 fully saturated rings. The zero-order valence-electron chi connectivity index (χ0n) is 15.0. The van der Waals surface area contributed by atoms with Crippen LogP contribution in [0.4, 0.5) is 0 Å². The Bertz CT molecular complexity index is 408. The minimum atomic E-state index is -1.54. The third-order valence-corrected chi connectivity index (χ3v) is 3.92. The Kier molecular flexibility index (Phi) is 15.0. The lowest BCUT2D eigenvalue weighted by atomic mass is 10.1. The van der Waals surface area contributed by atoms with E-state index in [1.54, 1.807) is 6.08 Å². The van der Waals surface area contributed by atoms with Crippen molar-refractivity contribution in [3.8, 4) is 0 Å². The Morgan fingerprint density at radius 1 is 0.750 bits per heavy atom. The molecule has 0 aromatic carbocycles. The van der Waals surface area contributed by atoms with Gasteiger partial charge in [0, 0.05) is 0 Å². The molecule has 0 radical (unpaired) electrons. The molecule has 4 heteroatoms. The van der Waals surface area contributed by atoms with Gasteiger partial charge in [-0.25, -0.2) is 4.79 Å². The highest BCUT2D eigenvalue weighted by Crippen LogP contribution is 2.12. The maximum atomic E-state index is 10.4. The molecule has 24 heavy (non-hydrogen) atoms. The van der Waals surface area contributed by atoms with Crippen molar-refractivity contribution in [3.05, 3.63) is 35.8 Å². The number of unbranched alkanes of at least 4 members (excludes halogenated alkanes) is 11. The van der Waals surface area contributed by atoms with E-state index < -0.39 is 17.5 Å². The summed E-state index contributed by atoms with van der Waals surface area (Å²) in [5, 5.41) is 26.6. The molecule has 0 amide bonds. The third-order valence-electron chi connectivity index (χ3n) is 3.92. The number of hydrogen-bond donors (Lipinski definition) is 3. The average molecular weight is 338 g/mol. The lowest BCUT2D eigenvalue weighted by Gasteiger charge is -2.01. The Balaban J connectivity index is 3.47. The van der Waals surface area contributed by atoms with Crippen LogP contribution >= 0.6 is 0 Å². The molecule has 0 aliphatic rings. The molecule has 0 saturated carbocycles. The predicted octanol–water partition coefficient (Wildman–Crippen LogP) is 6.21. The number of carboxylic acids is 1. The van der Waals surface area contributed by atoms with Crippen LogP contribution in [0.5, 0.6) is 0 Å². The minimum absolute atomic E-state index is 0.637. The van der Waals surface area contributed by atoms with Crippen molar-refractivity contribution in [1.82, 2.24) is 0 Å². The van der Waals surface area contributed by atoms with E-state index in [1.807, 2.05) is 6.08 Å². The van der Waals surface area contributed by atoms with Gasteiger partial charge in [0.25, 0.3) is 0 Å². The molecule has 0 aromatic rings. The van der Waals surface area contributed by atoms with Crippen molar-refractivity contribution in [3.63, 3.8) is 0 Å². The largest absolute Gasteiger partial charge is 0.504 e. The van der Waals surface area contributed by atoms with Gasteiger partial charge in [0.2, 0.25) is 5.76 Å². The molecule has 0 unspecified atom stereocenters. The quantitative estimate of drug-likeness (QED) is 0.143. The molecule has 0 saturated heterocycles. The fraction of sp³-hybridized carbons (Fsp3) is 0.650. The van der Waals surface area contributed by atoms with Crippen LogP contribution in [-0.4, -0.2) is 21.3 Å². The van der Waals surface area contributed by atoms with Crippen molar-refractivity contribution in [1.29, 1.82) is 0 Å². The van der Waals surface area contributed by atoms with Crippen molar-refractivity contribution >= 4 is 5.97 Å². The van der Waals surface area contributed by atoms with Crippen LogP contribution in [0.25, 0.3) is 0 Å². The summed E-state index contributed by atoms with van der Waals surface area (Å²) in [5.41, 5.74) is 0. The molecule has 0 aliphatic heterocycles. The fourth-order valence-corrected chi connectivity index (χ4v) is 2.44. The van der Waals surface area contributed by atoms with Crippen LogP contribution in [0.15, 0.2) is 35.8 Å². The molecule has 4 nitrogen and oxygen atoms in total. The maximum absolute atomic E-state index is 10.4. The second-order valence-corrected chi connectivity index (χ2v) is 6.15. The molecular formula is C20H34O4. The van der Waals surface area contributed by atoms with Crippen molar-refractivity contribution in [2.24, 2.45) is 0 Å². The first-order valence-electron chi connectivity index (χ1n) is 9.28. The van der Waals surface area contributed by atoms with Crippen LogP contribution in [0.2, 0.25) is 0 Å². The van der Waals surface area contributed by atoms with Crippen LogP contribution < -0.4 is 0 Å². The van der Waals surface area contributed by atoms with Crippen LogP contribution in [0.3, 0.4) is 0 Å². The summed E-state index contributed by atoms with van der Waals surface area (Å²) < 4.78 is 0. The van der Waals surface area contributed by atoms with Gasteiger partial charge in [-0.1, -0.05) is 89.4 Å². The summed E-state index contributed by atoms with van der Waals surface area (Å²) in [7, 11) is 0. The summed E-state index contributed by atoms with van der Waals surface area (Å²) in [5.74, 6) is -3.21. The molecule has 0 bridgehead atoms. The minimum Gasteiger partial charge on any atom is -0.504 e. The third kappa shape index (κ3) is 13.9. The number of hydrogen-bond acceptors (Lipinski definition) is 3. The van der Waals surface area contributed by atoms with Gasteiger partial charge >= 0.3 is 5.97 Å². The summed E-state index contributed by atoms with van der Waals surface area (Å²) in [4.78, 5) is 10.4. The molecule has 0 atom stereocenters. The van der Waals surface area contributed by atoms with E-state index in [4.69, 9.17) is 10.2 Å². The SMILES string of the molecule is CCCCCCCCCCCCC/C=C/C=C/C(O)=C(\O)C(=O)O. The van der Waals surface area contributed by atoms with Gasteiger partial charge in [0.1, 0.15) is 0 Å². The van der Waals surface area contributed by atoms with Gasteiger partial charge in [0.05, 0.1) is 0 Å². The summed E-state index contributed by atoms with van der Waals surface area (Å²) in [6.45, 7) is 2.25. The van der Waals surface area contributed by atoms with Crippen molar-refractivity contribution < 1.29 is 20.1 Å². The van der Waals surface area contributed by atoms with E-state index in [9.17, 15) is 9.90 Å². The van der Waals surface area contributed by atoms with Crippen LogP contribution in [0, 0.1) is 0 Å². The van der Waals surface area contributed by atoms with E-state index in [0.29, 0.717) is 0 Å². The molecule has 0 aromatic heterocycles. The topological polar surface area (TPSA) is 77.8 Å². The number of rotatable bonds is 15. The van der Waals surface area contributed by atoms with Gasteiger partial charge in [-0.3, -0.25) is 0 Å². The highest BCUT2D eigenvalue weighted by Gasteiger charge is 2.08. The van der Waals surface area contributed by atoms with E-state index in [0.717, 1.165) is 12.8 Å². The van der Waals surface area contributed by atoms with Gasteiger partial charge < -0.3 is 15.3 Å². The lowest BCUT2D eigenvalue weighted by molar-refractivity contribution is -0.135. The normalized spacial score (nSPS) is 12.9. The van der Waals surface area contributed by atoms with Crippen LogP contribution in [-0.2, 0) is 4.79 Å².